The number of nitrogens with zero attached hydrogens (tertiary/aromatic N) is 2. The fourth-order valence-electron chi connectivity index (χ4n) is 2.54. The molecule has 2 N–H and O–H groups in total. The van der Waals surface area contributed by atoms with Gasteiger partial charge >= 0.3 is 0 Å². The highest BCUT2D eigenvalue weighted by Crippen LogP contribution is 2.30. The molecule has 6 heteroatoms. The lowest BCUT2D eigenvalue weighted by Crippen LogP contribution is -2.58. The summed E-state index contributed by atoms with van der Waals surface area (Å²) in [7, 11) is 0. The topological polar surface area (TPSA) is 93.4 Å². The van der Waals surface area contributed by atoms with Crippen LogP contribution < -0.4 is 10.2 Å². The predicted octanol–water partition coefficient (Wildman–Crippen LogP) is 0.853. The highest BCUT2D eigenvalue weighted by molar-refractivity contribution is 6.04. The minimum Gasteiger partial charge on any atom is -0.389 e. The third kappa shape index (κ3) is 2.88. The second-order valence-corrected chi connectivity index (χ2v) is 5.03. The van der Waals surface area contributed by atoms with Crippen molar-refractivity contribution in [3.63, 3.8) is 0 Å². The van der Waals surface area contributed by atoms with E-state index < -0.39 is 12.1 Å². The first-order chi connectivity index (χ1) is 9.97. The van der Waals surface area contributed by atoms with E-state index in [9.17, 15) is 14.7 Å². The number of benzene rings is 1. The molecule has 0 aliphatic carbocycles. The molecule has 1 aromatic carbocycles. The minimum atomic E-state index is -0.759. The number of amides is 2. The molecule has 110 valence electrons. The number of carbonyl (C=O) groups excluding carboxylic acids is 2. The summed E-state index contributed by atoms with van der Waals surface area (Å²) in [6, 6.07) is 6.41. The van der Waals surface area contributed by atoms with E-state index in [1.165, 1.54) is 0 Å². The van der Waals surface area contributed by atoms with E-state index in [1.54, 1.807) is 30.0 Å². The molecule has 2 amide bonds. The lowest BCUT2D eigenvalue weighted by molar-refractivity contribution is -0.132. The van der Waals surface area contributed by atoms with Crippen molar-refractivity contribution in [3.8, 4) is 6.07 Å². The van der Waals surface area contributed by atoms with Crippen molar-refractivity contribution >= 4 is 17.5 Å². The third-order valence-corrected chi connectivity index (χ3v) is 3.56. The Labute approximate surface area is 123 Å². The van der Waals surface area contributed by atoms with Gasteiger partial charge in [-0.3, -0.25) is 14.9 Å². The number of carbonyl (C=O) groups is 2. The Kier molecular flexibility index (Phi) is 4.24. The van der Waals surface area contributed by atoms with Gasteiger partial charge in [-0.15, -0.1) is 0 Å². The number of hydrogen-bond acceptors (Lipinski definition) is 5. The van der Waals surface area contributed by atoms with Crippen LogP contribution in [0, 0.1) is 11.3 Å². The number of hydrogen-bond donors (Lipinski definition) is 2. The summed E-state index contributed by atoms with van der Waals surface area (Å²) in [5.74, 6) is -0.740. The number of piperazine rings is 1. The highest BCUT2D eigenvalue weighted by Gasteiger charge is 2.34. The van der Waals surface area contributed by atoms with E-state index >= 15 is 0 Å². The standard InChI is InChI=1S/C15H17N3O3/c1-3-12-15(21)17-14(20)8-18(12)13-6-10(7-16)4-5-11(13)9(2)19/h4-6,9,12,19H,3,8H2,1-2H3,(H,17,20,21)/t9-,12?/m1/s1. The number of aliphatic hydroxyl groups is 1. The van der Waals surface area contributed by atoms with E-state index in [4.69, 9.17) is 5.26 Å². The van der Waals surface area contributed by atoms with Crippen LogP contribution in [0.25, 0.3) is 0 Å². The molecule has 1 heterocycles. The molecule has 1 unspecified atom stereocenters. The molecule has 0 aromatic heterocycles. The Bertz CT molecular complexity index is 619. The normalized spacial score (nSPS) is 19.9. The first-order valence-corrected chi connectivity index (χ1v) is 6.80. The van der Waals surface area contributed by atoms with Gasteiger partial charge in [0.25, 0.3) is 0 Å². The van der Waals surface area contributed by atoms with Crippen molar-refractivity contribution in [3.05, 3.63) is 29.3 Å². The zero-order chi connectivity index (χ0) is 15.6. The average Bonchev–Trinajstić information content (AvgIpc) is 2.45. The molecular weight excluding hydrogens is 270 g/mol. The van der Waals surface area contributed by atoms with Crippen LogP contribution in [-0.4, -0.2) is 29.5 Å². The maximum Gasteiger partial charge on any atom is 0.249 e. The SMILES string of the molecule is CCC1C(=O)NC(=O)CN1c1cc(C#N)ccc1[C@@H](C)O. The Morgan fingerprint density at radius 2 is 2.24 bits per heavy atom. The van der Waals surface area contributed by atoms with Gasteiger partial charge in [-0.2, -0.15) is 5.26 Å². The monoisotopic (exact) mass is 287 g/mol. The number of rotatable bonds is 3. The third-order valence-electron chi connectivity index (χ3n) is 3.56. The lowest BCUT2D eigenvalue weighted by atomic mass is 10.0. The second kappa shape index (κ2) is 5.94. The summed E-state index contributed by atoms with van der Waals surface area (Å²) in [5, 5.41) is 21.2. The summed E-state index contributed by atoms with van der Waals surface area (Å²) in [6.07, 6.45) is -0.236. The highest BCUT2D eigenvalue weighted by atomic mass is 16.3. The van der Waals surface area contributed by atoms with Crippen molar-refractivity contribution in [2.24, 2.45) is 0 Å². The first-order valence-electron chi connectivity index (χ1n) is 6.80. The van der Waals surface area contributed by atoms with Gasteiger partial charge in [0.15, 0.2) is 0 Å². The predicted molar refractivity (Wildman–Crippen MR) is 76.4 cm³/mol. The smallest absolute Gasteiger partial charge is 0.249 e. The molecule has 6 nitrogen and oxygen atoms in total. The number of aliphatic hydroxyl groups excluding tert-OH is 1. The second-order valence-electron chi connectivity index (χ2n) is 5.03. The zero-order valence-electron chi connectivity index (χ0n) is 12.0. The number of anilines is 1. The largest absolute Gasteiger partial charge is 0.389 e. The minimum absolute atomic E-state index is 0.0266. The fourth-order valence-corrected chi connectivity index (χ4v) is 2.54. The molecule has 1 aliphatic heterocycles. The molecule has 2 atom stereocenters. The first kappa shape index (κ1) is 15.0. The summed E-state index contributed by atoms with van der Waals surface area (Å²) in [4.78, 5) is 25.3. The van der Waals surface area contributed by atoms with Gasteiger partial charge in [0.05, 0.1) is 24.3 Å². The molecule has 21 heavy (non-hydrogen) atoms. The van der Waals surface area contributed by atoms with Gasteiger partial charge in [0.1, 0.15) is 6.04 Å². The van der Waals surface area contributed by atoms with Crippen LogP contribution >= 0.6 is 0 Å². The molecule has 0 saturated carbocycles. The van der Waals surface area contributed by atoms with E-state index in [1.807, 2.05) is 13.0 Å². The molecule has 0 spiro atoms. The van der Waals surface area contributed by atoms with Gasteiger partial charge < -0.3 is 10.0 Å². The van der Waals surface area contributed by atoms with Crippen LogP contribution in [0.4, 0.5) is 5.69 Å². The van der Waals surface area contributed by atoms with Gasteiger partial charge in [0.2, 0.25) is 11.8 Å². The number of nitrogens with one attached hydrogen (secondary N) is 1. The maximum atomic E-state index is 12.0. The van der Waals surface area contributed by atoms with Crippen molar-refractivity contribution < 1.29 is 14.7 Å². The Morgan fingerprint density at radius 3 is 2.81 bits per heavy atom. The molecule has 1 fully saturated rings. The Hall–Kier alpha value is -2.39. The zero-order valence-corrected chi connectivity index (χ0v) is 12.0. The van der Waals surface area contributed by atoms with Crippen molar-refractivity contribution in [2.75, 3.05) is 11.4 Å². The van der Waals surface area contributed by atoms with Crippen LogP contribution in [0.1, 0.15) is 37.5 Å². The molecule has 0 bridgehead atoms. The maximum absolute atomic E-state index is 12.0. The van der Waals surface area contributed by atoms with Crippen LogP contribution in [0.3, 0.4) is 0 Å². The molecular formula is C15H17N3O3. The lowest BCUT2D eigenvalue weighted by Gasteiger charge is -2.36. The van der Waals surface area contributed by atoms with Crippen LogP contribution in [0.15, 0.2) is 18.2 Å². The van der Waals surface area contributed by atoms with E-state index in [0.717, 1.165) is 0 Å². The van der Waals surface area contributed by atoms with Gasteiger partial charge in [-0.25, -0.2) is 0 Å². The molecule has 1 aromatic rings. The quantitative estimate of drug-likeness (QED) is 0.804. The van der Waals surface area contributed by atoms with Crippen LogP contribution in [-0.2, 0) is 9.59 Å². The van der Waals surface area contributed by atoms with E-state index in [0.29, 0.717) is 23.2 Å². The molecule has 0 radical (unpaired) electrons. The van der Waals surface area contributed by atoms with Crippen molar-refractivity contribution in [1.82, 2.24) is 5.32 Å². The number of imide groups is 1. The molecule has 1 saturated heterocycles. The summed E-state index contributed by atoms with van der Waals surface area (Å²) >= 11 is 0. The molecule has 2 rings (SSSR count). The van der Waals surface area contributed by atoms with Crippen LogP contribution in [0.5, 0.6) is 0 Å². The Balaban J connectivity index is 2.54. The van der Waals surface area contributed by atoms with Crippen molar-refractivity contribution in [1.29, 1.82) is 5.26 Å². The average molecular weight is 287 g/mol. The van der Waals surface area contributed by atoms with Crippen LogP contribution in [0.2, 0.25) is 0 Å². The van der Waals surface area contributed by atoms with Crippen molar-refractivity contribution in [2.45, 2.75) is 32.4 Å². The van der Waals surface area contributed by atoms with Gasteiger partial charge in [0, 0.05) is 11.3 Å². The summed E-state index contributed by atoms with van der Waals surface area (Å²) < 4.78 is 0. The number of nitriles is 1. The molecule has 1 aliphatic rings. The van der Waals surface area contributed by atoms with Gasteiger partial charge in [-0.1, -0.05) is 13.0 Å². The summed E-state index contributed by atoms with van der Waals surface area (Å²) in [5.41, 5.74) is 1.57. The fraction of sp³-hybridized carbons (Fsp3) is 0.400. The van der Waals surface area contributed by atoms with E-state index in [2.05, 4.69) is 5.32 Å². The Morgan fingerprint density at radius 1 is 1.52 bits per heavy atom. The van der Waals surface area contributed by atoms with Gasteiger partial charge in [-0.05, 0) is 25.5 Å². The van der Waals surface area contributed by atoms with E-state index in [-0.39, 0.29) is 18.4 Å². The summed E-state index contributed by atoms with van der Waals surface area (Å²) in [6.45, 7) is 3.49.